The van der Waals surface area contributed by atoms with Gasteiger partial charge in [-0.1, -0.05) is 0 Å². The Labute approximate surface area is 93.7 Å². The van der Waals surface area contributed by atoms with E-state index in [1.165, 1.54) is 0 Å². The number of nitrogens with zero attached hydrogens (tertiary/aromatic N) is 4. The maximum absolute atomic E-state index is 5.98. The first-order chi connectivity index (χ1) is 7.22. The highest BCUT2D eigenvalue weighted by atomic mass is 35.5. The number of tetrazole rings is 1. The third-order valence-electron chi connectivity index (χ3n) is 2.69. The Morgan fingerprint density at radius 3 is 2.93 bits per heavy atom. The second-order valence-electron chi connectivity index (χ2n) is 3.80. The Kier molecular flexibility index (Phi) is 3.21. The van der Waals surface area contributed by atoms with E-state index in [4.69, 9.17) is 16.3 Å². The third kappa shape index (κ3) is 2.13. The van der Waals surface area contributed by atoms with Gasteiger partial charge in [-0.25, -0.2) is 4.68 Å². The van der Waals surface area contributed by atoms with Crippen LogP contribution in [0, 0.1) is 0 Å². The molecule has 0 aromatic carbocycles. The first-order valence-electron chi connectivity index (χ1n) is 5.25. The zero-order chi connectivity index (χ0) is 10.8. The second-order valence-corrected chi connectivity index (χ2v) is 4.45. The Balaban J connectivity index is 1.97. The first kappa shape index (κ1) is 10.8. The molecule has 84 valence electrons. The average molecular weight is 231 g/mol. The van der Waals surface area contributed by atoms with Gasteiger partial charge in [0.15, 0.2) is 5.82 Å². The van der Waals surface area contributed by atoms with E-state index < -0.39 is 0 Å². The largest absolute Gasteiger partial charge is 0.378 e. The van der Waals surface area contributed by atoms with E-state index in [9.17, 15) is 0 Å². The van der Waals surface area contributed by atoms with Crippen molar-refractivity contribution in [1.29, 1.82) is 0 Å². The lowest BCUT2D eigenvalue weighted by Gasteiger charge is -2.35. The van der Waals surface area contributed by atoms with Crippen LogP contribution >= 0.6 is 11.6 Å². The highest BCUT2D eigenvalue weighted by molar-refractivity contribution is 6.20. The van der Waals surface area contributed by atoms with Crippen LogP contribution in [0.1, 0.15) is 43.9 Å². The molecule has 0 radical (unpaired) electrons. The molecule has 1 saturated carbocycles. The zero-order valence-corrected chi connectivity index (χ0v) is 9.68. The van der Waals surface area contributed by atoms with E-state index in [-0.39, 0.29) is 5.38 Å². The van der Waals surface area contributed by atoms with Gasteiger partial charge in [-0.2, -0.15) is 0 Å². The van der Waals surface area contributed by atoms with Crippen LogP contribution < -0.4 is 0 Å². The lowest BCUT2D eigenvalue weighted by atomic mass is 9.89. The molecule has 2 rings (SSSR count). The van der Waals surface area contributed by atoms with Crippen molar-refractivity contribution in [2.24, 2.45) is 0 Å². The van der Waals surface area contributed by atoms with Crippen molar-refractivity contribution in [3.63, 3.8) is 0 Å². The first-order valence-corrected chi connectivity index (χ1v) is 5.69. The lowest BCUT2D eigenvalue weighted by molar-refractivity contribution is -0.0238. The molecule has 1 aliphatic carbocycles. The molecule has 1 atom stereocenters. The summed E-state index contributed by atoms with van der Waals surface area (Å²) in [6.45, 7) is 4.66. The van der Waals surface area contributed by atoms with Crippen LogP contribution in [-0.2, 0) is 4.74 Å². The van der Waals surface area contributed by atoms with Gasteiger partial charge in [-0.05, 0) is 37.1 Å². The van der Waals surface area contributed by atoms with E-state index in [2.05, 4.69) is 15.5 Å². The Morgan fingerprint density at radius 1 is 1.60 bits per heavy atom. The summed E-state index contributed by atoms with van der Waals surface area (Å²) in [4.78, 5) is 0. The molecule has 0 aliphatic heterocycles. The summed E-state index contributed by atoms with van der Waals surface area (Å²) in [6.07, 6.45) is 2.33. The number of aromatic nitrogens is 4. The minimum atomic E-state index is -0.147. The number of rotatable bonds is 4. The normalized spacial score (nSPS) is 27.4. The van der Waals surface area contributed by atoms with Crippen molar-refractivity contribution in [1.82, 2.24) is 20.2 Å². The molecular formula is C9H15ClN4O. The molecule has 1 aliphatic rings. The predicted octanol–water partition coefficient (Wildman–Crippen LogP) is 1.71. The topological polar surface area (TPSA) is 52.8 Å². The van der Waals surface area contributed by atoms with Gasteiger partial charge in [0.05, 0.1) is 17.5 Å². The summed E-state index contributed by atoms with van der Waals surface area (Å²) in [7, 11) is 0. The summed E-state index contributed by atoms with van der Waals surface area (Å²) in [5, 5.41) is 11.4. The lowest BCUT2D eigenvalue weighted by Crippen LogP contribution is -2.34. The van der Waals surface area contributed by atoms with Crippen LogP contribution in [0.3, 0.4) is 0 Å². The minimum absolute atomic E-state index is 0.147. The van der Waals surface area contributed by atoms with Crippen LogP contribution in [-0.4, -0.2) is 32.9 Å². The maximum atomic E-state index is 5.98. The van der Waals surface area contributed by atoms with Crippen molar-refractivity contribution in [2.45, 2.75) is 44.2 Å². The molecule has 0 bridgehead atoms. The standard InChI is InChI=1S/C9H15ClN4O/c1-3-15-8-4-7(5-8)14-9(6(2)10)11-12-13-14/h6-8H,3-5H2,1-2H3. The van der Waals surface area contributed by atoms with Gasteiger partial charge in [-0.3, -0.25) is 0 Å². The number of halogens is 1. The predicted molar refractivity (Wildman–Crippen MR) is 55.8 cm³/mol. The van der Waals surface area contributed by atoms with Crippen molar-refractivity contribution >= 4 is 11.6 Å². The highest BCUT2D eigenvalue weighted by Gasteiger charge is 2.34. The van der Waals surface area contributed by atoms with E-state index in [1.807, 2.05) is 18.5 Å². The van der Waals surface area contributed by atoms with Crippen molar-refractivity contribution in [2.75, 3.05) is 6.61 Å². The summed E-state index contributed by atoms with van der Waals surface area (Å²) in [6, 6.07) is 0.354. The summed E-state index contributed by atoms with van der Waals surface area (Å²) >= 11 is 5.98. The molecule has 5 nitrogen and oxygen atoms in total. The van der Waals surface area contributed by atoms with E-state index in [1.54, 1.807) is 0 Å². The van der Waals surface area contributed by atoms with E-state index in [0.29, 0.717) is 12.1 Å². The molecule has 1 unspecified atom stereocenters. The number of ether oxygens (including phenoxy) is 1. The second kappa shape index (κ2) is 4.45. The van der Waals surface area contributed by atoms with E-state index >= 15 is 0 Å². The smallest absolute Gasteiger partial charge is 0.169 e. The summed E-state index contributed by atoms with van der Waals surface area (Å²) < 4.78 is 7.32. The van der Waals surface area contributed by atoms with Crippen LogP contribution in [0.4, 0.5) is 0 Å². The molecule has 6 heteroatoms. The van der Waals surface area contributed by atoms with Crippen molar-refractivity contribution in [3.05, 3.63) is 5.82 Å². The molecule has 1 aromatic rings. The fraction of sp³-hybridized carbons (Fsp3) is 0.889. The molecule has 0 N–H and O–H groups in total. The molecule has 1 aromatic heterocycles. The van der Waals surface area contributed by atoms with Crippen molar-refractivity contribution in [3.8, 4) is 0 Å². The van der Waals surface area contributed by atoms with Crippen molar-refractivity contribution < 1.29 is 4.74 Å². The van der Waals surface area contributed by atoms with Gasteiger partial charge in [0.25, 0.3) is 0 Å². The zero-order valence-electron chi connectivity index (χ0n) is 8.93. The monoisotopic (exact) mass is 230 g/mol. The number of hydrogen-bond acceptors (Lipinski definition) is 4. The molecule has 0 spiro atoms. The summed E-state index contributed by atoms with van der Waals surface area (Å²) in [5.41, 5.74) is 0. The molecule has 1 fully saturated rings. The quantitative estimate of drug-likeness (QED) is 0.739. The molecule has 15 heavy (non-hydrogen) atoms. The number of alkyl halides is 1. The molecular weight excluding hydrogens is 216 g/mol. The van der Waals surface area contributed by atoms with Gasteiger partial charge in [0.2, 0.25) is 0 Å². The fourth-order valence-electron chi connectivity index (χ4n) is 1.83. The maximum Gasteiger partial charge on any atom is 0.169 e. The average Bonchev–Trinajstić information content (AvgIpc) is 2.58. The molecule has 0 saturated heterocycles. The fourth-order valence-corrected chi connectivity index (χ4v) is 1.98. The van der Waals surface area contributed by atoms with Gasteiger partial charge in [0, 0.05) is 6.61 Å². The Bertz CT molecular complexity index is 322. The van der Waals surface area contributed by atoms with Gasteiger partial charge >= 0.3 is 0 Å². The highest BCUT2D eigenvalue weighted by Crippen LogP contribution is 2.35. The number of hydrogen-bond donors (Lipinski definition) is 0. The summed E-state index contributed by atoms with van der Waals surface area (Å²) in [5.74, 6) is 0.747. The van der Waals surface area contributed by atoms with Gasteiger partial charge in [-0.15, -0.1) is 16.7 Å². The van der Waals surface area contributed by atoms with Gasteiger partial charge < -0.3 is 4.74 Å². The van der Waals surface area contributed by atoms with Crippen LogP contribution in [0.2, 0.25) is 0 Å². The minimum Gasteiger partial charge on any atom is -0.378 e. The van der Waals surface area contributed by atoms with E-state index in [0.717, 1.165) is 25.3 Å². The Morgan fingerprint density at radius 2 is 2.33 bits per heavy atom. The van der Waals surface area contributed by atoms with Gasteiger partial charge in [0.1, 0.15) is 0 Å². The van der Waals surface area contributed by atoms with Crippen LogP contribution in [0.25, 0.3) is 0 Å². The molecule has 1 heterocycles. The Hall–Kier alpha value is -0.680. The SMILES string of the molecule is CCOC1CC(n2nnnc2C(C)Cl)C1. The van der Waals surface area contributed by atoms with Crippen LogP contribution in [0.5, 0.6) is 0 Å². The third-order valence-corrected chi connectivity index (χ3v) is 2.89. The molecule has 0 amide bonds. The van der Waals surface area contributed by atoms with Crippen LogP contribution in [0.15, 0.2) is 0 Å².